The van der Waals surface area contributed by atoms with Gasteiger partial charge in [-0.1, -0.05) is 17.7 Å². The van der Waals surface area contributed by atoms with Crippen molar-refractivity contribution in [3.8, 4) is 0 Å². The molecule has 0 fully saturated rings. The summed E-state index contributed by atoms with van der Waals surface area (Å²) in [5.74, 6) is -0.126. The summed E-state index contributed by atoms with van der Waals surface area (Å²) in [4.78, 5) is 24.8. The molecule has 0 aromatic heterocycles. The lowest BCUT2D eigenvalue weighted by Gasteiger charge is -2.10. The molecule has 2 aromatic carbocycles. The number of aryl methyl sites for hydroxylation is 3. The van der Waals surface area contributed by atoms with E-state index in [0.717, 1.165) is 16.0 Å². The highest BCUT2D eigenvalue weighted by Gasteiger charge is 2.10. The Morgan fingerprint density at radius 2 is 1.79 bits per heavy atom. The normalized spacial score (nSPS) is 10.3. The van der Waals surface area contributed by atoms with Crippen LogP contribution in [0, 0.1) is 20.8 Å². The number of benzene rings is 2. The van der Waals surface area contributed by atoms with Crippen LogP contribution in [0.2, 0.25) is 0 Å². The van der Waals surface area contributed by atoms with E-state index in [2.05, 4.69) is 23.5 Å². The van der Waals surface area contributed by atoms with Gasteiger partial charge in [-0.25, -0.2) is 4.79 Å². The van der Waals surface area contributed by atoms with E-state index in [0.29, 0.717) is 17.0 Å². The van der Waals surface area contributed by atoms with Crippen molar-refractivity contribution in [3.05, 3.63) is 58.7 Å². The zero-order valence-corrected chi connectivity index (χ0v) is 15.1. The first-order chi connectivity index (χ1) is 11.4. The third kappa shape index (κ3) is 4.61. The number of esters is 1. The van der Waals surface area contributed by atoms with Gasteiger partial charge >= 0.3 is 5.97 Å². The van der Waals surface area contributed by atoms with E-state index in [1.54, 1.807) is 18.2 Å². The van der Waals surface area contributed by atoms with Crippen LogP contribution in [0.1, 0.15) is 27.0 Å². The first kappa shape index (κ1) is 18.1. The molecule has 0 heterocycles. The molecule has 0 bridgehead atoms. The SMILES string of the molecule is COC(=O)c1ccc(NC(=O)CSc2cc(C)ccc2C)c(C)c1. The maximum Gasteiger partial charge on any atom is 0.337 e. The van der Waals surface area contributed by atoms with Crippen LogP contribution in [-0.4, -0.2) is 24.7 Å². The number of carbonyl (C=O) groups is 2. The summed E-state index contributed by atoms with van der Waals surface area (Å²) in [5, 5.41) is 2.89. The molecule has 0 saturated heterocycles. The number of nitrogens with one attached hydrogen (secondary N) is 1. The highest BCUT2D eigenvalue weighted by molar-refractivity contribution is 8.00. The van der Waals surface area contributed by atoms with Crippen LogP contribution in [0.25, 0.3) is 0 Å². The third-order valence-corrected chi connectivity index (χ3v) is 4.78. The predicted molar refractivity (Wildman–Crippen MR) is 97.8 cm³/mol. The Hall–Kier alpha value is -2.27. The van der Waals surface area contributed by atoms with E-state index in [1.807, 2.05) is 20.8 Å². The molecular formula is C19H21NO3S. The molecule has 1 N–H and O–H groups in total. The van der Waals surface area contributed by atoms with Crippen LogP contribution >= 0.6 is 11.8 Å². The van der Waals surface area contributed by atoms with Crippen LogP contribution in [-0.2, 0) is 9.53 Å². The predicted octanol–water partition coefficient (Wildman–Crippen LogP) is 4.13. The molecule has 0 spiro atoms. The average Bonchev–Trinajstić information content (AvgIpc) is 2.56. The fourth-order valence-electron chi connectivity index (χ4n) is 2.24. The van der Waals surface area contributed by atoms with E-state index in [1.165, 1.54) is 24.4 Å². The summed E-state index contributed by atoms with van der Waals surface area (Å²) in [6, 6.07) is 11.3. The summed E-state index contributed by atoms with van der Waals surface area (Å²) in [7, 11) is 1.35. The van der Waals surface area contributed by atoms with Crippen molar-refractivity contribution in [2.75, 3.05) is 18.2 Å². The van der Waals surface area contributed by atoms with Crippen molar-refractivity contribution >= 4 is 29.3 Å². The van der Waals surface area contributed by atoms with E-state index < -0.39 is 0 Å². The van der Waals surface area contributed by atoms with E-state index in [4.69, 9.17) is 4.74 Å². The Bertz CT molecular complexity index is 771. The minimum absolute atomic E-state index is 0.0742. The quantitative estimate of drug-likeness (QED) is 0.655. The maximum atomic E-state index is 12.2. The smallest absolute Gasteiger partial charge is 0.337 e. The highest BCUT2D eigenvalue weighted by Crippen LogP contribution is 2.24. The minimum Gasteiger partial charge on any atom is -0.465 e. The van der Waals surface area contributed by atoms with Crippen molar-refractivity contribution in [2.24, 2.45) is 0 Å². The van der Waals surface area contributed by atoms with Gasteiger partial charge < -0.3 is 10.1 Å². The summed E-state index contributed by atoms with van der Waals surface area (Å²) < 4.78 is 4.69. The van der Waals surface area contributed by atoms with Gasteiger partial charge in [0.05, 0.1) is 18.4 Å². The number of ether oxygens (including phenoxy) is 1. The third-order valence-electron chi connectivity index (χ3n) is 3.62. The van der Waals surface area contributed by atoms with Gasteiger partial charge in [0.25, 0.3) is 0 Å². The molecule has 0 aliphatic rings. The van der Waals surface area contributed by atoms with Gasteiger partial charge in [0.1, 0.15) is 0 Å². The van der Waals surface area contributed by atoms with Crippen molar-refractivity contribution in [2.45, 2.75) is 25.7 Å². The Labute approximate surface area is 146 Å². The second-order valence-electron chi connectivity index (χ2n) is 5.63. The topological polar surface area (TPSA) is 55.4 Å². The first-order valence-corrected chi connectivity index (χ1v) is 8.58. The van der Waals surface area contributed by atoms with E-state index >= 15 is 0 Å². The van der Waals surface area contributed by atoms with Gasteiger partial charge in [0, 0.05) is 10.6 Å². The number of amides is 1. The Balaban J connectivity index is 1.99. The Morgan fingerprint density at radius 1 is 1.04 bits per heavy atom. The number of carbonyl (C=O) groups excluding carboxylic acids is 2. The molecule has 0 radical (unpaired) electrons. The summed E-state index contributed by atoms with van der Waals surface area (Å²) in [6.45, 7) is 5.92. The zero-order valence-electron chi connectivity index (χ0n) is 14.3. The van der Waals surface area contributed by atoms with Crippen LogP contribution in [0.15, 0.2) is 41.3 Å². The highest BCUT2D eigenvalue weighted by atomic mass is 32.2. The molecule has 126 valence electrons. The number of methoxy groups -OCH3 is 1. The molecule has 2 aromatic rings. The molecule has 1 amide bonds. The second kappa shape index (κ2) is 8.02. The lowest BCUT2D eigenvalue weighted by molar-refractivity contribution is -0.113. The maximum absolute atomic E-state index is 12.2. The molecule has 24 heavy (non-hydrogen) atoms. The van der Waals surface area contributed by atoms with Crippen molar-refractivity contribution in [3.63, 3.8) is 0 Å². The second-order valence-corrected chi connectivity index (χ2v) is 6.64. The fourth-order valence-corrected chi connectivity index (χ4v) is 3.16. The van der Waals surface area contributed by atoms with E-state index in [9.17, 15) is 9.59 Å². The number of hydrogen-bond donors (Lipinski definition) is 1. The van der Waals surface area contributed by atoms with Gasteiger partial charge in [-0.15, -0.1) is 11.8 Å². The van der Waals surface area contributed by atoms with Crippen molar-refractivity contribution in [1.29, 1.82) is 0 Å². The first-order valence-electron chi connectivity index (χ1n) is 7.59. The van der Waals surface area contributed by atoms with Crippen molar-refractivity contribution < 1.29 is 14.3 Å². The average molecular weight is 343 g/mol. The monoisotopic (exact) mass is 343 g/mol. The van der Waals surface area contributed by atoms with E-state index in [-0.39, 0.29) is 11.9 Å². The van der Waals surface area contributed by atoms with Crippen LogP contribution in [0.4, 0.5) is 5.69 Å². The van der Waals surface area contributed by atoms with Gasteiger partial charge in [0.15, 0.2) is 0 Å². The Morgan fingerprint density at radius 3 is 2.46 bits per heavy atom. The molecule has 4 nitrogen and oxygen atoms in total. The molecule has 5 heteroatoms. The van der Waals surface area contributed by atoms with Crippen molar-refractivity contribution in [1.82, 2.24) is 0 Å². The van der Waals surface area contributed by atoms with Crippen LogP contribution in [0.5, 0.6) is 0 Å². The molecular weight excluding hydrogens is 322 g/mol. The summed E-state index contributed by atoms with van der Waals surface area (Å²) >= 11 is 1.52. The lowest BCUT2D eigenvalue weighted by Crippen LogP contribution is -2.15. The van der Waals surface area contributed by atoms with Crippen LogP contribution < -0.4 is 5.32 Å². The molecule has 0 unspecified atom stereocenters. The van der Waals surface area contributed by atoms with Gasteiger partial charge in [0.2, 0.25) is 5.91 Å². The zero-order chi connectivity index (χ0) is 17.7. The lowest BCUT2D eigenvalue weighted by atomic mass is 10.1. The summed E-state index contributed by atoms with van der Waals surface area (Å²) in [6.07, 6.45) is 0. The molecule has 0 aliphatic heterocycles. The van der Waals surface area contributed by atoms with Gasteiger partial charge in [-0.05, 0) is 56.2 Å². The fraction of sp³-hybridized carbons (Fsp3) is 0.263. The molecule has 0 aliphatic carbocycles. The molecule has 0 saturated carbocycles. The minimum atomic E-state index is -0.388. The molecule has 0 atom stereocenters. The van der Waals surface area contributed by atoms with Gasteiger partial charge in [-0.3, -0.25) is 4.79 Å². The van der Waals surface area contributed by atoms with Gasteiger partial charge in [-0.2, -0.15) is 0 Å². The standard InChI is InChI=1S/C19H21NO3S/c1-12-5-6-13(2)17(9-12)24-11-18(21)20-16-8-7-15(10-14(16)3)19(22)23-4/h5-10H,11H2,1-4H3,(H,20,21). The number of thioether (sulfide) groups is 1. The Kier molecular flexibility index (Phi) is 6.04. The van der Waals surface area contributed by atoms with Crippen LogP contribution in [0.3, 0.4) is 0 Å². The number of anilines is 1. The summed E-state index contributed by atoms with van der Waals surface area (Å²) in [5.41, 5.74) is 4.34. The largest absolute Gasteiger partial charge is 0.465 e. The molecule has 2 rings (SSSR count). The number of rotatable bonds is 5. The number of hydrogen-bond acceptors (Lipinski definition) is 4.